The van der Waals surface area contributed by atoms with E-state index in [0.29, 0.717) is 11.4 Å². The van der Waals surface area contributed by atoms with Crippen LogP contribution in [0, 0.1) is 23.7 Å². The SMILES string of the molecule is O=C(CSc1nc2ccc(N3C(=O)[C@@H]4[C@@H](C3=O)[C@H]3C=C[C@H]4C3)cc2s1)Nc1ccc2c(c1)oc1ccccc12. The molecule has 192 valence electrons. The van der Waals surface area contributed by atoms with Crippen LogP contribution in [0.5, 0.6) is 0 Å². The third-order valence-corrected chi connectivity index (χ3v) is 10.2. The summed E-state index contributed by atoms with van der Waals surface area (Å²) in [6, 6.07) is 19.0. The second kappa shape index (κ2) is 8.53. The number of para-hydroxylation sites is 1. The Hall–Kier alpha value is -3.95. The molecule has 0 radical (unpaired) electrons. The number of rotatable bonds is 5. The number of imide groups is 1. The van der Waals surface area contributed by atoms with Crippen LogP contribution >= 0.6 is 23.1 Å². The van der Waals surface area contributed by atoms with Gasteiger partial charge in [-0.2, -0.15) is 0 Å². The maximum atomic E-state index is 13.2. The predicted octanol–water partition coefficient (Wildman–Crippen LogP) is 6.24. The lowest BCUT2D eigenvalue weighted by Crippen LogP contribution is -2.32. The van der Waals surface area contributed by atoms with Crippen LogP contribution in [0.15, 0.2) is 81.6 Å². The molecule has 2 aromatic heterocycles. The summed E-state index contributed by atoms with van der Waals surface area (Å²) in [5, 5.41) is 5.00. The second-order valence-electron chi connectivity index (χ2n) is 10.3. The second-order valence-corrected chi connectivity index (χ2v) is 12.5. The number of hydrogen-bond donors (Lipinski definition) is 1. The van der Waals surface area contributed by atoms with E-state index in [1.54, 1.807) is 6.07 Å². The molecule has 3 aromatic carbocycles. The first-order valence-corrected chi connectivity index (χ1v) is 14.6. The van der Waals surface area contributed by atoms with Gasteiger partial charge >= 0.3 is 0 Å². The summed E-state index contributed by atoms with van der Waals surface area (Å²) in [6.07, 6.45) is 5.12. The van der Waals surface area contributed by atoms with Crippen LogP contribution in [-0.2, 0) is 14.4 Å². The van der Waals surface area contributed by atoms with Crippen LogP contribution in [0.2, 0.25) is 0 Å². The summed E-state index contributed by atoms with van der Waals surface area (Å²) in [7, 11) is 0. The van der Waals surface area contributed by atoms with Crippen molar-refractivity contribution in [1.29, 1.82) is 0 Å². The van der Waals surface area contributed by atoms with Gasteiger partial charge in [0.1, 0.15) is 11.2 Å². The van der Waals surface area contributed by atoms with Crippen LogP contribution in [0.4, 0.5) is 11.4 Å². The Morgan fingerprint density at radius 3 is 2.56 bits per heavy atom. The first-order valence-electron chi connectivity index (χ1n) is 12.8. The van der Waals surface area contributed by atoms with Crippen molar-refractivity contribution < 1.29 is 18.8 Å². The normalized spacial score (nSPS) is 23.5. The number of benzene rings is 3. The summed E-state index contributed by atoms with van der Waals surface area (Å²) >= 11 is 2.81. The smallest absolute Gasteiger partial charge is 0.238 e. The minimum Gasteiger partial charge on any atom is -0.456 e. The molecule has 3 heterocycles. The number of furan rings is 1. The van der Waals surface area contributed by atoms with E-state index in [-0.39, 0.29) is 47.1 Å². The molecule has 2 bridgehead atoms. The number of aromatic nitrogens is 1. The van der Waals surface area contributed by atoms with Gasteiger partial charge < -0.3 is 9.73 Å². The topological polar surface area (TPSA) is 92.5 Å². The summed E-state index contributed by atoms with van der Waals surface area (Å²) in [6.45, 7) is 0. The van der Waals surface area contributed by atoms with Crippen molar-refractivity contribution >= 4 is 84.4 Å². The third-order valence-electron chi connectivity index (χ3n) is 8.07. The fraction of sp³-hybridized carbons (Fsp3) is 0.200. The van der Waals surface area contributed by atoms with E-state index in [0.717, 1.165) is 42.9 Å². The minimum atomic E-state index is -0.221. The lowest BCUT2D eigenvalue weighted by molar-refractivity contribution is -0.123. The Morgan fingerprint density at radius 2 is 1.74 bits per heavy atom. The average Bonchev–Trinajstić information content (AvgIpc) is 3.75. The van der Waals surface area contributed by atoms with Crippen molar-refractivity contribution in [3.63, 3.8) is 0 Å². The molecule has 5 aromatic rings. The molecule has 9 heteroatoms. The highest BCUT2D eigenvalue weighted by Gasteiger charge is 2.59. The lowest BCUT2D eigenvalue weighted by Gasteiger charge is -2.17. The molecule has 1 saturated carbocycles. The zero-order valence-corrected chi connectivity index (χ0v) is 22.1. The number of fused-ring (bicyclic) bond motifs is 9. The molecule has 1 N–H and O–H groups in total. The third kappa shape index (κ3) is 3.57. The van der Waals surface area contributed by atoms with Crippen LogP contribution in [0.1, 0.15) is 6.42 Å². The quantitative estimate of drug-likeness (QED) is 0.158. The predicted molar refractivity (Wildman–Crippen MR) is 153 cm³/mol. The van der Waals surface area contributed by atoms with Gasteiger partial charge in [-0.1, -0.05) is 42.1 Å². The van der Waals surface area contributed by atoms with E-state index in [4.69, 9.17) is 4.42 Å². The van der Waals surface area contributed by atoms with E-state index in [1.807, 2.05) is 54.6 Å². The molecule has 2 fully saturated rings. The largest absolute Gasteiger partial charge is 0.456 e. The monoisotopic (exact) mass is 551 g/mol. The number of carbonyl (C=O) groups is 3. The average molecular weight is 552 g/mol. The Labute approximate surface area is 230 Å². The van der Waals surface area contributed by atoms with Crippen molar-refractivity contribution in [1.82, 2.24) is 4.98 Å². The highest BCUT2D eigenvalue weighted by Crippen LogP contribution is 2.53. The molecule has 2 aliphatic carbocycles. The molecular formula is C30H21N3O4S2. The number of nitrogens with one attached hydrogen (secondary N) is 1. The Kier molecular flexibility index (Phi) is 5.02. The number of allylic oxidation sites excluding steroid dienone is 2. The van der Waals surface area contributed by atoms with E-state index in [9.17, 15) is 14.4 Å². The molecule has 1 saturated heterocycles. The van der Waals surface area contributed by atoms with E-state index < -0.39 is 0 Å². The number of thioether (sulfide) groups is 1. The van der Waals surface area contributed by atoms with Gasteiger partial charge in [0.05, 0.1) is 33.5 Å². The van der Waals surface area contributed by atoms with E-state index in [1.165, 1.54) is 28.0 Å². The van der Waals surface area contributed by atoms with E-state index in [2.05, 4.69) is 22.5 Å². The molecule has 7 nitrogen and oxygen atoms in total. The van der Waals surface area contributed by atoms with Crippen LogP contribution in [-0.4, -0.2) is 28.5 Å². The zero-order valence-electron chi connectivity index (χ0n) is 20.5. The number of anilines is 2. The first kappa shape index (κ1) is 23.0. The molecule has 0 unspecified atom stereocenters. The maximum absolute atomic E-state index is 13.2. The molecule has 3 aliphatic rings. The zero-order chi connectivity index (χ0) is 26.2. The fourth-order valence-electron chi connectivity index (χ4n) is 6.38. The Morgan fingerprint density at radius 1 is 0.974 bits per heavy atom. The highest BCUT2D eigenvalue weighted by molar-refractivity contribution is 8.01. The molecular weight excluding hydrogens is 530 g/mol. The summed E-state index contributed by atoms with van der Waals surface area (Å²) < 4.78 is 7.55. The van der Waals surface area contributed by atoms with E-state index >= 15 is 0 Å². The first-order chi connectivity index (χ1) is 19.0. The summed E-state index contributed by atoms with van der Waals surface area (Å²) in [5.41, 5.74) is 3.60. The fourth-order valence-corrected chi connectivity index (χ4v) is 8.28. The lowest BCUT2D eigenvalue weighted by atomic mass is 9.85. The minimum absolute atomic E-state index is 0.0854. The molecule has 8 rings (SSSR count). The van der Waals surface area contributed by atoms with Gasteiger partial charge in [0.25, 0.3) is 0 Å². The molecule has 4 atom stereocenters. The van der Waals surface area contributed by atoms with Crippen LogP contribution in [0.25, 0.3) is 32.2 Å². The highest BCUT2D eigenvalue weighted by atomic mass is 32.2. The van der Waals surface area contributed by atoms with Crippen molar-refractivity contribution in [2.75, 3.05) is 16.0 Å². The Balaban J connectivity index is 0.964. The van der Waals surface area contributed by atoms with Gasteiger partial charge in [-0.05, 0) is 54.7 Å². The molecule has 3 amide bonds. The van der Waals surface area contributed by atoms with Gasteiger partial charge in [0.2, 0.25) is 17.7 Å². The van der Waals surface area contributed by atoms with Crippen LogP contribution in [0.3, 0.4) is 0 Å². The number of carbonyl (C=O) groups excluding carboxylic acids is 3. The Bertz CT molecular complexity index is 1860. The number of nitrogens with zero attached hydrogens (tertiary/aromatic N) is 2. The van der Waals surface area contributed by atoms with Crippen molar-refractivity contribution in [2.45, 2.75) is 10.8 Å². The maximum Gasteiger partial charge on any atom is 0.238 e. The summed E-state index contributed by atoms with van der Waals surface area (Å²) in [4.78, 5) is 45.1. The van der Waals surface area contributed by atoms with Crippen molar-refractivity contribution in [3.05, 3.63) is 72.8 Å². The molecule has 39 heavy (non-hydrogen) atoms. The van der Waals surface area contributed by atoms with Gasteiger partial charge in [0.15, 0.2) is 4.34 Å². The van der Waals surface area contributed by atoms with Gasteiger partial charge in [-0.25, -0.2) is 9.88 Å². The molecule has 1 aliphatic heterocycles. The van der Waals surface area contributed by atoms with Crippen LogP contribution < -0.4 is 10.2 Å². The number of hydrogen-bond acceptors (Lipinski definition) is 7. The number of thiazole rings is 1. The van der Waals surface area contributed by atoms with Crippen molar-refractivity contribution in [3.8, 4) is 0 Å². The summed E-state index contributed by atoms with van der Waals surface area (Å²) in [5.74, 6) is -0.183. The van der Waals surface area contributed by atoms with Gasteiger partial charge in [-0.15, -0.1) is 11.3 Å². The van der Waals surface area contributed by atoms with Gasteiger partial charge in [0, 0.05) is 22.5 Å². The molecule has 0 spiro atoms. The van der Waals surface area contributed by atoms with Gasteiger partial charge in [-0.3, -0.25) is 14.4 Å². The number of amides is 3. The standard InChI is InChI=1S/C30H21N3O4S2/c34-25(31-17-7-9-20-19-3-1-2-4-22(19)37-23(20)12-17)14-38-30-32-21-10-8-18(13-24(21)39-30)33-28(35)26-15-5-6-16(11-15)27(26)29(33)36/h1-10,12-13,15-16,26-27H,11,14H2,(H,31,34)/t15-,16-,26-,27-/m0/s1. The van der Waals surface area contributed by atoms with Crippen molar-refractivity contribution in [2.24, 2.45) is 23.7 Å².